The third kappa shape index (κ3) is 4.00. The van der Waals surface area contributed by atoms with Gasteiger partial charge < -0.3 is 10.2 Å². The molecule has 3 amide bonds. The number of hydrogen-bond acceptors (Lipinski definition) is 4. The van der Waals surface area contributed by atoms with Gasteiger partial charge >= 0.3 is 0 Å². The summed E-state index contributed by atoms with van der Waals surface area (Å²) in [4.78, 5) is 38.1. The smallest absolute Gasteiger partial charge is 0.255 e. The number of nitrogens with zero attached hydrogens (tertiary/aromatic N) is 1. The number of carbonyl (C=O) groups is 3. The molecule has 6 nitrogen and oxygen atoms in total. The molecule has 31 heavy (non-hydrogen) atoms. The molecule has 2 aromatic carbocycles. The van der Waals surface area contributed by atoms with Gasteiger partial charge in [-0.1, -0.05) is 30.3 Å². The van der Waals surface area contributed by atoms with E-state index in [9.17, 15) is 14.4 Å². The Morgan fingerprint density at radius 1 is 0.903 bits per heavy atom. The van der Waals surface area contributed by atoms with Crippen molar-refractivity contribution in [1.82, 2.24) is 15.5 Å². The summed E-state index contributed by atoms with van der Waals surface area (Å²) in [5, 5.41) is 5.77. The number of rotatable bonds is 4. The molecule has 2 N–H and O–H groups in total. The minimum atomic E-state index is -0.574. The highest BCUT2D eigenvalue weighted by Crippen LogP contribution is 2.31. The first-order valence-electron chi connectivity index (χ1n) is 11.2. The maximum atomic E-state index is 12.9. The maximum absolute atomic E-state index is 12.9. The van der Waals surface area contributed by atoms with Gasteiger partial charge in [0.2, 0.25) is 11.8 Å². The van der Waals surface area contributed by atoms with Crippen LogP contribution in [0.3, 0.4) is 0 Å². The first-order chi connectivity index (χ1) is 15.1. The normalized spacial score (nSPS) is 21.9. The van der Waals surface area contributed by atoms with E-state index in [-0.39, 0.29) is 24.1 Å². The molecule has 0 radical (unpaired) electrons. The van der Waals surface area contributed by atoms with Crippen molar-refractivity contribution in [3.8, 4) is 11.1 Å². The van der Waals surface area contributed by atoms with Gasteiger partial charge in [0.25, 0.3) is 5.91 Å². The fourth-order valence-corrected chi connectivity index (χ4v) is 5.01. The summed E-state index contributed by atoms with van der Waals surface area (Å²) in [7, 11) is 0. The number of fused-ring (bicyclic) bond motifs is 1. The topological polar surface area (TPSA) is 78.5 Å². The number of carbonyl (C=O) groups excluding carboxylic acids is 3. The van der Waals surface area contributed by atoms with Crippen molar-refractivity contribution in [3.05, 3.63) is 59.2 Å². The number of hydrogen-bond donors (Lipinski definition) is 2. The molecule has 3 aliphatic rings. The average molecular weight is 418 g/mol. The molecular formula is C25H27N3O3. The standard InChI is InChI=1S/C25H27N3O3/c29-23-8-7-22(24(30)27-23)28-15-20-14-19(5-6-21(20)25(28)31)18-3-1-16(2-4-18)13-17-9-11-26-12-10-17/h1-6,14,17,22,26H,7-13,15H2,(H,27,29,30). The highest BCUT2D eigenvalue weighted by molar-refractivity contribution is 6.05. The Morgan fingerprint density at radius 3 is 2.39 bits per heavy atom. The third-order valence-electron chi connectivity index (χ3n) is 6.79. The van der Waals surface area contributed by atoms with Crippen molar-refractivity contribution in [2.45, 2.75) is 44.7 Å². The molecule has 3 heterocycles. The predicted octanol–water partition coefficient (Wildman–Crippen LogP) is 2.66. The lowest BCUT2D eigenvalue weighted by atomic mass is 9.90. The van der Waals surface area contributed by atoms with Crippen LogP contribution in [0.15, 0.2) is 42.5 Å². The van der Waals surface area contributed by atoms with E-state index in [2.05, 4.69) is 41.0 Å². The van der Waals surface area contributed by atoms with Gasteiger partial charge in [-0.2, -0.15) is 0 Å². The molecule has 0 spiro atoms. The number of benzene rings is 2. The summed E-state index contributed by atoms with van der Waals surface area (Å²) in [5.41, 5.74) is 5.16. The molecule has 1 atom stereocenters. The van der Waals surface area contributed by atoms with Crippen LogP contribution in [-0.4, -0.2) is 41.8 Å². The highest BCUT2D eigenvalue weighted by atomic mass is 16.2. The first kappa shape index (κ1) is 19.9. The van der Waals surface area contributed by atoms with Gasteiger partial charge in [-0.3, -0.25) is 19.7 Å². The summed E-state index contributed by atoms with van der Waals surface area (Å²) in [6, 6.07) is 14.1. The first-order valence-corrected chi connectivity index (χ1v) is 11.2. The van der Waals surface area contributed by atoms with Crippen LogP contribution in [0.25, 0.3) is 11.1 Å². The molecule has 0 aliphatic carbocycles. The summed E-state index contributed by atoms with van der Waals surface area (Å²) in [6.07, 6.45) is 4.26. The van der Waals surface area contributed by atoms with Crippen LogP contribution in [-0.2, 0) is 22.6 Å². The minimum absolute atomic E-state index is 0.131. The van der Waals surface area contributed by atoms with E-state index in [1.165, 1.54) is 18.4 Å². The maximum Gasteiger partial charge on any atom is 0.255 e. The molecule has 0 aromatic heterocycles. The number of amides is 3. The Morgan fingerprint density at radius 2 is 1.65 bits per heavy atom. The Labute approximate surface area is 182 Å². The Balaban J connectivity index is 1.31. The van der Waals surface area contributed by atoms with E-state index in [0.29, 0.717) is 18.5 Å². The zero-order valence-electron chi connectivity index (χ0n) is 17.5. The van der Waals surface area contributed by atoms with E-state index >= 15 is 0 Å². The molecule has 160 valence electrons. The monoisotopic (exact) mass is 417 g/mol. The predicted molar refractivity (Wildman–Crippen MR) is 117 cm³/mol. The van der Waals surface area contributed by atoms with Crippen molar-refractivity contribution < 1.29 is 14.4 Å². The van der Waals surface area contributed by atoms with Gasteiger partial charge in [-0.25, -0.2) is 0 Å². The SMILES string of the molecule is O=C1CCC(N2Cc3cc(-c4ccc(CC5CCNCC5)cc4)ccc3C2=O)C(=O)N1. The number of imide groups is 1. The quantitative estimate of drug-likeness (QED) is 0.750. The lowest BCUT2D eigenvalue weighted by Crippen LogP contribution is -2.52. The summed E-state index contributed by atoms with van der Waals surface area (Å²) in [6.45, 7) is 2.64. The van der Waals surface area contributed by atoms with Crippen molar-refractivity contribution in [1.29, 1.82) is 0 Å². The van der Waals surface area contributed by atoms with Crippen molar-refractivity contribution in [2.75, 3.05) is 13.1 Å². The second-order valence-electron chi connectivity index (χ2n) is 8.87. The van der Waals surface area contributed by atoms with Gasteiger partial charge in [0.05, 0.1) is 0 Å². The van der Waals surface area contributed by atoms with Gasteiger partial charge in [-0.05, 0) is 79.1 Å². The molecule has 5 rings (SSSR count). The fourth-order valence-electron chi connectivity index (χ4n) is 5.01. The molecule has 6 heteroatoms. The molecule has 2 fully saturated rings. The second kappa shape index (κ2) is 8.27. The van der Waals surface area contributed by atoms with Gasteiger partial charge in [0.1, 0.15) is 6.04 Å². The largest absolute Gasteiger partial charge is 0.322 e. The molecule has 3 aliphatic heterocycles. The summed E-state index contributed by atoms with van der Waals surface area (Å²) < 4.78 is 0. The van der Waals surface area contributed by atoms with Crippen LogP contribution in [0, 0.1) is 5.92 Å². The van der Waals surface area contributed by atoms with Gasteiger partial charge in [0, 0.05) is 18.5 Å². The van der Waals surface area contributed by atoms with E-state index < -0.39 is 6.04 Å². The minimum Gasteiger partial charge on any atom is -0.322 e. The zero-order valence-corrected chi connectivity index (χ0v) is 17.5. The molecule has 2 aromatic rings. The molecule has 0 bridgehead atoms. The van der Waals surface area contributed by atoms with E-state index in [1.54, 1.807) is 4.90 Å². The van der Waals surface area contributed by atoms with E-state index in [0.717, 1.165) is 42.1 Å². The molecule has 2 saturated heterocycles. The Hall–Kier alpha value is -2.99. The van der Waals surface area contributed by atoms with Gasteiger partial charge in [-0.15, -0.1) is 0 Å². The van der Waals surface area contributed by atoms with E-state index in [4.69, 9.17) is 0 Å². The summed E-state index contributed by atoms with van der Waals surface area (Å²) in [5.74, 6) is -0.0111. The van der Waals surface area contributed by atoms with Crippen LogP contribution in [0.4, 0.5) is 0 Å². The van der Waals surface area contributed by atoms with E-state index in [1.807, 2.05) is 12.1 Å². The lowest BCUT2D eigenvalue weighted by Gasteiger charge is -2.29. The van der Waals surface area contributed by atoms with Crippen LogP contribution >= 0.6 is 0 Å². The number of nitrogens with one attached hydrogen (secondary N) is 2. The van der Waals surface area contributed by atoms with Crippen molar-refractivity contribution >= 4 is 17.7 Å². The molecule has 0 saturated carbocycles. The molecule has 1 unspecified atom stereocenters. The molecular weight excluding hydrogens is 390 g/mol. The van der Waals surface area contributed by atoms with Crippen molar-refractivity contribution in [2.24, 2.45) is 5.92 Å². The van der Waals surface area contributed by atoms with Crippen LogP contribution in [0.5, 0.6) is 0 Å². The van der Waals surface area contributed by atoms with Crippen molar-refractivity contribution in [3.63, 3.8) is 0 Å². The Kier molecular flexibility index (Phi) is 5.32. The second-order valence-corrected chi connectivity index (χ2v) is 8.87. The number of piperidine rings is 2. The third-order valence-corrected chi connectivity index (χ3v) is 6.79. The van der Waals surface area contributed by atoms with Gasteiger partial charge in [0.15, 0.2) is 0 Å². The zero-order chi connectivity index (χ0) is 21.4. The fraction of sp³-hybridized carbons (Fsp3) is 0.400. The lowest BCUT2D eigenvalue weighted by molar-refractivity contribution is -0.136. The summed E-state index contributed by atoms with van der Waals surface area (Å²) >= 11 is 0. The van der Waals surface area contributed by atoms with Crippen LogP contribution in [0.2, 0.25) is 0 Å². The van der Waals surface area contributed by atoms with Crippen LogP contribution < -0.4 is 10.6 Å². The Bertz CT molecular complexity index is 1020. The highest BCUT2D eigenvalue weighted by Gasteiger charge is 2.39. The van der Waals surface area contributed by atoms with Crippen LogP contribution in [0.1, 0.15) is 47.2 Å². The average Bonchev–Trinajstić information content (AvgIpc) is 3.10.